The molecule has 1 atom stereocenters. The normalized spacial score (nSPS) is 16.5. The molecule has 1 saturated heterocycles. The van der Waals surface area contributed by atoms with Crippen LogP contribution < -0.4 is 10.9 Å². The maximum atomic E-state index is 12.7. The fourth-order valence-corrected chi connectivity index (χ4v) is 4.22. The fraction of sp³-hybridized carbons (Fsp3) is 0.375. The van der Waals surface area contributed by atoms with Crippen LogP contribution in [0.4, 0.5) is 0 Å². The van der Waals surface area contributed by atoms with Gasteiger partial charge in [-0.25, -0.2) is 9.78 Å². The smallest absolute Gasteiger partial charge is 0.345 e. The molecule has 1 unspecified atom stereocenters. The molecule has 4 aromatic rings. The summed E-state index contributed by atoms with van der Waals surface area (Å²) in [6.07, 6.45) is 6.80. The van der Waals surface area contributed by atoms with Crippen molar-refractivity contribution in [2.75, 3.05) is 19.8 Å². The van der Waals surface area contributed by atoms with Gasteiger partial charge in [0, 0.05) is 30.4 Å². The summed E-state index contributed by atoms with van der Waals surface area (Å²) >= 11 is 0. The number of nitrogens with zero attached hydrogens (tertiary/aromatic N) is 3. The largest absolute Gasteiger partial charge is 0.422 e. The zero-order valence-electron chi connectivity index (χ0n) is 17.9. The minimum absolute atomic E-state index is 0.377. The summed E-state index contributed by atoms with van der Waals surface area (Å²) in [5.74, 6) is 0. The minimum Gasteiger partial charge on any atom is -0.422 e. The van der Waals surface area contributed by atoms with Crippen LogP contribution in [0.2, 0.25) is 0 Å². The summed E-state index contributed by atoms with van der Waals surface area (Å²) in [5.41, 5.74) is 4.93. The molecule has 0 spiro atoms. The Balaban J connectivity index is 1.36. The molecular weight excluding hydrogens is 392 g/mol. The molecule has 31 heavy (non-hydrogen) atoms. The molecule has 3 aromatic heterocycles. The fourth-order valence-electron chi connectivity index (χ4n) is 4.22. The van der Waals surface area contributed by atoms with Crippen LogP contribution in [0.25, 0.3) is 27.9 Å². The Morgan fingerprint density at radius 2 is 2.10 bits per heavy atom. The maximum absolute atomic E-state index is 12.7. The lowest BCUT2D eigenvalue weighted by atomic mass is 10.1. The molecule has 0 aliphatic carbocycles. The van der Waals surface area contributed by atoms with E-state index in [2.05, 4.69) is 21.4 Å². The molecule has 0 amide bonds. The van der Waals surface area contributed by atoms with E-state index >= 15 is 0 Å². The van der Waals surface area contributed by atoms with Crippen LogP contribution >= 0.6 is 0 Å². The summed E-state index contributed by atoms with van der Waals surface area (Å²) in [6, 6.07) is 8.44. The van der Waals surface area contributed by atoms with Gasteiger partial charge in [-0.05, 0) is 57.4 Å². The van der Waals surface area contributed by atoms with Gasteiger partial charge < -0.3 is 18.9 Å². The molecule has 4 heterocycles. The van der Waals surface area contributed by atoms with Gasteiger partial charge in [0.05, 0.1) is 29.3 Å². The number of nitrogens with one attached hydrogen (secondary N) is 1. The molecule has 160 valence electrons. The first kappa shape index (κ1) is 19.9. The number of benzene rings is 1. The Labute approximate surface area is 180 Å². The number of aromatic nitrogens is 3. The lowest BCUT2D eigenvalue weighted by Crippen LogP contribution is -2.30. The summed E-state index contributed by atoms with van der Waals surface area (Å²) in [4.78, 5) is 21.8. The third-order valence-electron chi connectivity index (χ3n) is 5.81. The molecule has 7 nitrogen and oxygen atoms in total. The van der Waals surface area contributed by atoms with Gasteiger partial charge in [0.15, 0.2) is 5.65 Å². The third kappa shape index (κ3) is 4.11. The van der Waals surface area contributed by atoms with Crippen molar-refractivity contribution in [2.24, 2.45) is 0 Å². The highest BCUT2D eigenvalue weighted by molar-refractivity contribution is 5.81. The zero-order chi connectivity index (χ0) is 21.4. The van der Waals surface area contributed by atoms with Crippen molar-refractivity contribution in [1.82, 2.24) is 19.7 Å². The van der Waals surface area contributed by atoms with E-state index in [0.717, 1.165) is 67.0 Å². The van der Waals surface area contributed by atoms with Gasteiger partial charge in [0.1, 0.15) is 5.58 Å². The standard InChI is InChI=1S/C24H26N4O3/c1-15-12-28-13-21(27-23(28)16(2)26-15)20-11-18-6-5-17(10-22(18)31-24(20)29)4-3-8-25-19-7-9-30-14-19/h5-6,10-13,19,25H,3-4,7-9,14H2,1-2H3. The highest BCUT2D eigenvalue weighted by Crippen LogP contribution is 2.23. The van der Waals surface area contributed by atoms with E-state index in [1.807, 2.05) is 48.8 Å². The Kier molecular flexibility index (Phi) is 5.29. The van der Waals surface area contributed by atoms with E-state index in [1.165, 1.54) is 0 Å². The van der Waals surface area contributed by atoms with Gasteiger partial charge in [-0.15, -0.1) is 0 Å². The Bertz CT molecular complexity index is 1300. The van der Waals surface area contributed by atoms with Crippen molar-refractivity contribution < 1.29 is 9.15 Å². The van der Waals surface area contributed by atoms with E-state index in [9.17, 15) is 4.79 Å². The molecule has 0 saturated carbocycles. The highest BCUT2D eigenvalue weighted by Gasteiger charge is 2.15. The van der Waals surface area contributed by atoms with Crippen LogP contribution in [0.3, 0.4) is 0 Å². The second kappa shape index (κ2) is 8.24. The van der Waals surface area contributed by atoms with Crippen LogP contribution in [-0.4, -0.2) is 40.2 Å². The topological polar surface area (TPSA) is 81.7 Å². The molecule has 1 fully saturated rings. The van der Waals surface area contributed by atoms with Gasteiger partial charge in [0.25, 0.3) is 0 Å². The number of aryl methyl sites for hydroxylation is 3. The maximum Gasteiger partial charge on any atom is 0.345 e. The predicted molar refractivity (Wildman–Crippen MR) is 119 cm³/mol. The predicted octanol–water partition coefficient (Wildman–Crippen LogP) is 3.43. The summed E-state index contributed by atoms with van der Waals surface area (Å²) < 4.78 is 13.0. The van der Waals surface area contributed by atoms with Gasteiger partial charge in [0.2, 0.25) is 0 Å². The van der Waals surface area contributed by atoms with Gasteiger partial charge >= 0.3 is 5.63 Å². The molecule has 1 N–H and O–H groups in total. The highest BCUT2D eigenvalue weighted by atomic mass is 16.5. The molecule has 5 rings (SSSR count). The number of ether oxygens (including phenoxy) is 1. The number of fused-ring (bicyclic) bond motifs is 2. The number of imidazole rings is 1. The van der Waals surface area contributed by atoms with Crippen molar-refractivity contribution >= 4 is 16.6 Å². The van der Waals surface area contributed by atoms with Gasteiger partial charge in [-0.2, -0.15) is 0 Å². The first-order valence-electron chi connectivity index (χ1n) is 10.8. The van der Waals surface area contributed by atoms with Crippen molar-refractivity contribution in [1.29, 1.82) is 0 Å². The lowest BCUT2D eigenvalue weighted by Gasteiger charge is -2.10. The van der Waals surface area contributed by atoms with Gasteiger partial charge in [-0.1, -0.05) is 12.1 Å². The second-order valence-electron chi connectivity index (χ2n) is 8.26. The Hall–Kier alpha value is -3.03. The summed E-state index contributed by atoms with van der Waals surface area (Å²) in [6.45, 7) is 6.48. The van der Waals surface area contributed by atoms with Crippen LogP contribution in [-0.2, 0) is 11.2 Å². The number of rotatable bonds is 6. The average Bonchev–Trinajstić information content (AvgIpc) is 3.40. The first-order valence-corrected chi connectivity index (χ1v) is 10.8. The first-order chi connectivity index (χ1) is 15.1. The van der Waals surface area contributed by atoms with Crippen LogP contribution in [0, 0.1) is 13.8 Å². The van der Waals surface area contributed by atoms with E-state index in [0.29, 0.717) is 22.9 Å². The molecule has 0 bridgehead atoms. The van der Waals surface area contributed by atoms with Crippen molar-refractivity contribution in [3.05, 3.63) is 64.0 Å². The second-order valence-corrected chi connectivity index (χ2v) is 8.26. The summed E-state index contributed by atoms with van der Waals surface area (Å²) in [5, 5.41) is 4.42. The van der Waals surface area contributed by atoms with E-state index < -0.39 is 0 Å². The molecule has 7 heteroatoms. The number of hydrogen-bond donors (Lipinski definition) is 1. The lowest BCUT2D eigenvalue weighted by molar-refractivity contribution is 0.190. The molecule has 0 radical (unpaired) electrons. The SMILES string of the molecule is Cc1cn2cc(-c3cc4ccc(CCCNC5CCOC5)cc4oc3=O)nc2c(C)n1. The van der Waals surface area contributed by atoms with Gasteiger partial charge in [-0.3, -0.25) is 4.98 Å². The Morgan fingerprint density at radius 1 is 1.19 bits per heavy atom. The van der Waals surface area contributed by atoms with Crippen LogP contribution in [0.15, 0.2) is 45.9 Å². The van der Waals surface area contributed by atoms with Crippen molar-refractivity contribution in [3.8, 4) is 11.3 Å². The van der Waals surface area contributed by atoms with E-state index in [-0.39, 0.29) is 5.63 Å². The number of hydrogen-bond acceptors (Lipinski definition) is 6. The zero-order valence-corrected chi connectivity index (χ0v) is 17.9. The molecule has 1 aliphatic rings. The average molecular weight is 418 g/mol. The van der Waals surface area contributed by atoms with Crippen molar-refractivity contribution in [3.63, 3.8) is 0 Å². The molecular formula is C24H26N4O3. The molecule has 1 aliphatic heterocycles. The van der Waals surface area contributed by atoms with Crippen molar-refractivity contribution in [2.45, 2.75) is 39.2 Å². The van der Waals surface area contributed by atoms with E-state index in [1.54, 1.807) is 0 Å². The monoisotopic (exact) mass is 418 g/mol. The third-order valence-corrected chi connectivity index (χ3v) is 5.81. The quantitative estimate of drug-likeness (QED) is 0.382. The molecule has 1 aromatic carbocycles. The summed E-state index contributed by atoms with van der Waals surface area (Å²) in [7, 11) is 0. The Morgan fingerprint density at radius 3 is 2.94 bits per heavy atom. The van der Waals surface area contributed by atoms with Crippen LogP contribution in [0.5, 0.6) is 0 Å². The minimum atomic E-state index is -0.377. The van der Waals surface area contributed by atoms with Crippen LogP contribution in [0.1, 0.15) is 29.8 Å². The van der Waals surface area contributed by atoms with E-state index in [4.69, 9.17) is 9.15 Å².